The van der Waals surface area contributed by atoms with Crippen molar-refractivity contribution in [3.63, 3.8) is 0 Å². The van der Waals surface area contributed by atoms with Gasteiger partial charge in [0.15, 0.2) is 11.6 Å². The van der Waals surface area contributed by atoms with Crippen molar-refractivity contribution in [2.75, 3.05) is 18.1 Å². The summed E-state index contributed by atoms with van der Waals surface area (Å²) in [5.41, 5.74) is 0.855. The molecule has 0 bridgehead atoms. The summed E-state index contributed by atoms with van der Waals surface area (Å²) in [5.74, 6) is -1.37. The summed E-state index contributed by atoms with van der Waals surface area (Å²) in [6.07, 6.45) is 1.33. The first-order chi connectivity index (χ1) is 12.1. The molecule has 2 aliphatic heterocycles. The highest BCUT2D eigenvalue weighted by molar-refractivity contribution is 6.34. The maximum Gasteiger partial charge on any atom is 0.266 e. The normalized spacial score (nSPS) is 17.7. The average Bonchev–Trinajstić information content (AvgIpc) is 2.89. The number of fused-ring (bicyclic) bond motifs is 1. The van der Waals surface area contributed by atoms with Crippen molar-refractivity contribution in [1.82, 2.24) is 0 Å². The molecule has 6 heteroatoms. The number of ether oxygens (including phenoxy) is 2. The number of nitrogens with zero attached hydrogens (tertiary/aromatic N) is 1. The topological polar surface area (TPSA) is 55.8 Å². The fourth-order valence-corrected chi connectivity index (χ4v) is 3.12. The van der Waals surface area contributed by atoms with E-state index in [-0.39, 0.29) is 17.5 Å². The summed E-state index contributed by atoms with van der Waals surface area (Å²) in [7, 11) is 0. The van der Waals surface area contributed by atoms with E-state index < -0.39 is 17.6 Å². The Labute approximate surface area is 144 Å². The number of hydrogen-bond acceptors (Lipinski definition) is 4. The van der Waals surface area contributed by atoms with Crippen molar-refractivity contribution in [2.24, 2.45) is 0 Å². The van der Waals surface area contributed by atoms with E-state index in [1.807, 2.05) is 0 Å². The predicted octanol–water partition coefficient (Wildman–Crippen LogP) is 3.18. The second kappa shape index (κ2) is 6.29. The molecule has 1 saturated heterocycles. The molecule has 0 aromatic heterocycles. The Morgan fingerprint density at radius 3 is 2.24 bits per heavy atom. The molecule has 4 rings (SSSR count). The second-order valence-electron chi connectivity index (χ2n) is 6.04. The minimum atomic E-state index is -0.597. The number of carbonyl (C=O) groups excluding carboxylic acids is 2. The van der Waals surface area contributed by atoms with E-state index in [2.05, 4.69) is 0 Å². The zero-order valence-corrected chi connectivity index (χ0v) is 13.4. The molecule has 128 valence electrons. The van der Waals surface area contributed by atoms with Crippen LogP contribution in [0.2, 0.25) is 0 Å². The van der Waals surface area contributed by atoms with Crippen LogP contribution in [-0.2, 0) is 4.74 Å². The van der Waals surface area contributed by atoms with Crippen molar-refractivity contribution >= 4 is 17.5 Å². The third-order valence-electron chi connectivity index (χ3n) is 4.43. The van der Waals surface area contributed by atoms with Gasteiger partial charge < -0.3 is 9.47 Å². The highest BCUT2D eigenvalue weighted by atomic mass is 19.1. The summed E-state index contributed by atoms with van der Waals surface area (Å²) < 4.78 is 25.4. The lowest BCUT2D eigenvalue weighted by atomic mass is 10.1. The van der Waals surface area contributed by atoms with E-state index in [4.69, 9.17) is 9.47 Å². The molecule has 0 saturated carbocycles. The van der Waals surface area contributed by atoms with Crippen LogP contribution >= 0.6 is 0 Å². The zero-order valence-electron chi connectivity index (χ0n) is 13.4. The van der Waals surface area contributed by atoms with Crippen LogP contribution in [0.4, 0.5) is 10.1 Å². The molecule has 2 aromatic carbocycles. The average molecular weight is 341 g/mol. The van der Waals surface area contributed by atoms with Gasteiger partial charge in [0.25, 0.3) is 11.8 Å². The molecule has 2 aliphatic rings. The van der Waals surface area contributed by atoms with Gasteiger partial charge in [-0.1, -0.05) is 12.1 Å². The number of halogens is 1. The van der Waals surface area contributed by atoms with Crippen LogP contribution in [-0.4, -0.2) is 31.1 Å². The summed E-state index contributed by atoms with van der Waals surface area (Å²) in [5, 5.41) is 0. The number of carbonyl (C=O) groups is 2. The molecule has 0 N–H and O–H groups in total. The number of rotatable bonds is 3. The smallest absolute Gasteiger partial charge is 0.266 e. The van der Waals surface area contributed by atoms with Crippen LogP contribution < -0.4 is 9.64 Å². The van der Waals surface area contributed by atoms with Crippen LogP contribution in [0.15, 0.2) is 42.5 Å². The molecule has 2 heterocycles. The molecule has 0 aliphatic carbocycles. The highest BCUT2D eigenvalue weighted by Gasteiger charge is 2.36. The largest absolute Gasteiger partial charge is 0.487 e. The summed E-state index contributed by atoms with van der Waals surface area (Å²) >= 11 is 0. The number of benzene rings is 2. The molecule has 2 amide bonds. The highest BCUT2D eigenvalue weighted by Crippen LogP contribution is 2.31. The van der Waals surface area contributed by atoms with Crippen molar-refractivity contribution in [1.29, 1.82) is 0 Å². The van der Waals surface area contributed by atoms with E-state index in [9.17, 15) is 14.0 Å². The van der Waals surface area contributed by atoms with E-state index in [0.29, 0.717) is 37.2 Å². The lowest BCUT2D eigenvalue weighted by molar-refractivity contribution is 0.0240. The van der Waals surface area contributed by atoms with Gasteiger partial charge in [0, 0.05) is 18.9 Å². The van der Waals surface area contributed by atoms with Gasteiger partial charge in [0.05, 0.1) is 30.0 Å². The first-order valence-corrected chi connectivity index (χ1v) is 8.17. The lowest BCUT2D eigenvalue weighted by Crippen LogP contribution is -2.29. The minimum Gasteiger partial charge on any atom is -0.487 e. The van der Waals surface area contributed by atoms with Gasteiger partial charge in [-0.2, -0.15) is 0 Å². The first-order valence-electron chi connectivity index (χ1n) is 8.17. The third kappa shape index (κ3) is 2.78. The monoisotopic (exact) mass is 341 g/mol. The number of amides is 2. The fraction of sp³-hybridized carbons (Fsp3) is 0.263. The second-order valence-corrected chi connectivity index (χ2v) is 6.04. The van der Waals surface area contributed by atoms with Crippen molar-refractivity contribution in [3.8, 4) is 5.75 Å². The molecule has 0 atom stereocenters. The molecule has 5 nitrogen and oxygen atoms in total. The standard InChI is InChI=1S/C19H16FNO4/c20-16-11-12(5-6-17(16)25-13-7-9-24-10-8-13)21-18(22)14-3-1-2-4-15(14)19(21)23/h1-6,11,13H,7-10H2. The van der Waals surface area contributed by atoms with Gasteiger partial charge in [0.1, 0.15) is 6.10 Å². The molecule has 25 heavy (non-hydrogen) atoms. The summed E-state index contributed by atoms with van der Waals surface area (Å²) in [6.45, 7) is 1.19. The Hall–Kier alpha value is -2.73. The van der Waals surface area contributed by atoms with Crippen LogP contribution in [0.1, 0.15) is 33.6 Å². The van der Waals surface area contributed by atoms with E-state index in [1.165, 1.54) is 12.1 Å². The molecular weight excluding hydrogens is 325 g/mol. The van der Waals surface area contributed by atoms with Crippen LogP contribution in [0.3, 0.4) is 0 Å². The van der Waals surface area contributed by atoms with Crippen molar-refractivity contribution in [3.05, 3.63) is 59.4 Å². The zero-order chi connectivity index (χ0) is 17.4. The maximum atomic E-state index is 14.4. The van der Waals surface area contributed by atoms with Gasteiger partial charge in [-0.15, -0.1) is 0 Å². The van der Waals surface area contributed by atoms with Crippen LogP contribution in [0, 0.1) is 5.82 Å². The third-order valence-corrected chi connectivity index (χ3v) is 4.43. The lowest BCUT2D eigenvalue weighted by Gasteiger charge is -2.24. The van der Waals surface area contributed by atoms with Gasteiger partial charge in [0.2, 0.25) is 0 Å². The molecule has 0 unspecified atom stereocenters. The Morgan fingerprint density at radius 2 is 1.64 bits per heavy atom. The van der Waals surface area contributed by atoms with Crippen molar-refractivity contribution < 1.29 is 23.5 Å². The predicted molar refractivity (Wildman–Crippen MR) is 88.5 cm³/mol. The number of imide groups is 1. The van der Waals surface area contributed by atoms with Gasteiger partial charge >= 0.3 is 0 Å². The Kier molecular flexibility index (Phi) is 3.97. The van der Waals surface area contributed by atoms with Crippen LogP contribution in [0.5, 0.6) is 5.75 Å². The Bertz CT molecular complexity index is 810. The number of anilines is 1. The van der Waals surface area contributed by atoms with Crippen LogP contribution in [0.25, 0.3) is 0 Å². The Balaban J connectivity index is 1.59. The first kappa shape index (κ1) is 15.8. The summed E-state index contributed by atoms with van der Waals surface area (Å²) in [6, 6.07) is 10.7. The summed E-state index contributed by atoms with van der Waals surface area (Å²) in [4.78, 5) is 25.9. The quantitative estimate of drug-likeness (QED) is 0.805. The molecule has 0 radical (unpaired) electrons. The van der Waals surface area contributed by atoms with Gasteiger partial charge in [-0.25, -0.2) is 9.29 Å². The molecule has 1 fully saturated rings. The molecule has 2 aromatic rings. The van der Waals surface area contributed by atoms with Gasteiger partial charge in [-0.05, 0) is 24.3 Å². The van der Waals surface area contributed by atoms with E-state index in [1.54, 1.807) is 24.3 Å². The fourth-order valence-electron chi connectivity index (χ4n) is 3.12. The molecular formula is C19H16FNO4. The minimum absolute atomic E-state index is 0.0894. The van der Waals surface area contributed by atoms with E-state index >= 15 is 0 Å². The van der Waals surface area contributed by atoms with Gasteiger partial charge in [-0.3, -0.25) is 9.59 Å². The van der Waals surface area contributed by atoms with E-state index in [0.717, 1.165) is 11.0 Å². The SMILES string of the molecule is O=C1c2ccccc2C(=O)N1c1ccc(OC2CCOCC2)c(F)c1. The van der Waals surface area contributed by atoms with Crippen molar-refractivity contribution in [2.45, 2.75) is 18.9 Å². The molecule has 0 spiro atoms. The number of hydrogen-bond donors (Lipinski definition) is 0. The Morgan fingerprint density at radius 1 is 1.00 bits per heavy atom. The maximum absolute atomic E-state index is 14.4.